The summed E-state index contributed by atoms with van der Waals surface area (Å²) in [5, 5.41) is 0. The van der Waals surface area contributed by atoms with Crippen LogP contribution in [-0.4, -0.2) is 60.7 Å². The Balaban J connectivity index is 1.38. The lowest BCUT2D eigenvalue weighted by Crippen LogP contribution is -2.42. The minimum absolute atomic E-state index is 0.524. The van der Waals surface area contributed by atoms with Crippen LogP contribution >= 0.6 is 0 Å². The highest BCUT2D eigenvalue weighted by Crippen LogP contribution is 2.44. The van der Waals surface area contributed by atoms with Crippen LogP contribution in [0.15, 0.2) is 24.5 Å². The Morgan fingerprint density at radius 2 is 1.96 bits per heavy atom. The Morgan fingerprint density at radius 1 is 1.21 bits per heavy atom. The fourth-order valence-electron chi connectivity index (χ4n) is 4.76. The fourth-order valence-corrected chi connectivity index (χ4v) is 4.76. The average molecular weight is 329 g/mol. The summed E-state index contributed by atoms with van der Waals surface area (Å²) in [5.74, 6) is 1.02. The van der Waals surface area contributed by atoms with E-state index in [1.807, 2.05) is 19.5 Å². The van der Waals surface area contributed by atoms with Crippen molar-refractivity contribution in [2.45, 2.75) is 44.7 Å². The highest BCUT2D eigenvalue weighted by Gasteiger charge is 2.45. The van der Waals surface area contributed by atoms with Gasteiger partial charge < -0.3 is 9.64 Å². The van der Waals surface area contributed by atoms with Gasteiger partial charge in [-0.3, -0.25) is 9.88 Å². The second-order valence-corrected chi connectivity index (χ2v) is 8.32. The molecular weight excluding hydrogens is 298 g/mol. The van der Waals surface area contributed by atoms with Gasteiger partial charge in [0.1, 0.15) is 0 Å². The molecule has 0 N–H and O–H groups in total. The van der Waals surface area contributed by atoms with E-state index in [0.29, 0.717) is 11.5 Å². The normalized spacial score (nSPS) is 27.8. The van der Waals surface area contributed by atoms with Crippen LogP contribution in [0.5, 0.6) is 0 Å². The van der Waals surface area contributed by atoms with Gasteiger partial charge in [-0.25, -0.2) is 0 Å². The van der Waals surface area contributed by atoms with E-state index in [9.17, 15) is 0 Å². The first-order chi connectivity index (χ1) is 11.8. The zero-order chi connectivity index (χ0) is 16.4. The maximum atomic E-state index is 5.55. The highest BCUT2D eigenvalue weighted by molar-refractivity contribution is 5.11. The summed E-state index contributed by atoms with van der Waals surface area (Å²) >= 11 is 0. The lowest BCUT2D eigenvalue weighted by molar-refractivity contribution is 0.103. The highest BCUT2D eigenvalue weighted by atomic mass is 16.5. The molecule has 24 heavy (non-hydrogen) atoms. The van der Waals surface area contributed by atoms with Gasteiger partial charge in [0.25, 0.3) is 0 Å². The Kier molecular flexibility index (Phi) is 4.88. The van der Waals surface area contributed by atoms with Gasteiger partial charge in [-0.1, -0.05) is 0 Å². The summed E-state index contributed by atoms with van der Waals surface area (Å²) in [6.07, 6.45) is 10.8. The van der Waals surface area contributed by atoms with Crippen molar-refractivity contribution in [2.24, 2.45) is 11.3 Å². The molecule has 1 atom stereocenters. The molecule has 3 fully saturated rings. The lowest BCUT2D eigenvalue weighted by Gasteiger charge is -2.39. The molecule has 4 nitrogen and oxygen atoms in total. The van der Waals surface area contributed by atoms with Crippen molar-refractivity contribution >= 4 is 0 Å². The molecule has 1 aromatic rings. The van der Waals surface area contributed by atoms with E-state index >= 15 is 0 Å². The summed E-state index contributed by atoms with van der Waals surface area (Å²) < 4.78 is 5.55. The molecule has 1 aliphatic carbocycles. The summed E-state index contributed by atoms with van der Waals surface area (Å²) in [6.45, 7) is 7.10. The number of rotatable bonds is 6. The standard InChI is InChI=1S/C20H31N3O/c1-24-15-19-12-20(6-10-22(11-7-20)13-17-2-3-17)16-23(19)14-18-4-8-21-9-5-18/h4-5,8-9,17,19H,2-3,6-7,10-16H2,1H3. The Morgan fingerprint density at radius 3 is 2.62 bits per heavy atom. The summed E-state index contributed by atoms with van der Waals surface area (Å²) in [7, 11) is 1.84. The second-order valence-electron chi connectivity index (χ2n) is 8.32. The van der Waals surface area contributed by atoms with E-state index < -0.39 is 0 Å². The van der Waals surface area contributed by atoms with Crippen molar-refractivity contribution < 1.29 is 4.74 Å². The predicted octanol–water partition coefficient (Wildman–Crippen LogP) is 2.79. The van der Waals surface area contributed by atoms with Crippen molar-refractivity contribution in [2.75, 3.05) is 39.9 Å². The first-order valence-electron chi connectivity index (χ1n) is 9.61. The monoisotopic (exact) mass is 329 g/mol. The van der Waals surface area contributed by atoms with Crippen LogP contribution < -0.4 is 0 Å². The molecule has 2 saturated heterocycles. The van der Waals surface area contributed by atoms with Gasteiger partial charge >= 0.3 is 0 Å². The molecule has 4 heteroatoms. The second kappa shape index (κ2) is 7.11. The first kappa shape index (κ1) is 16.5. The fraction of sp³-hybridized carbons (Fsp3) is 0.750. The van der Waals surface area contributed by atoms with E-state index in [-0.39, 0.29) is 0 Å². The quantitative estimate of drug-likeness (QED) is 0.802. The van der Waals surface area contributed by atoms with Gasteiger partial charge in [-0.2, -0.15) is 0 Å². The molecular formula is C20H31N3O. The van der Waals surface area contributed by atoms with Crippen molar-refractivity contribution in [1.29, 1.82) is 0 Å². The molecule has 132 valence electrons. The van der Waals surface area contributed by atoms with E-state index in [0.717, 1.165) is 19.1 Å². The van der Waals surface area contributed by atoms with Crippen LogP contribution in [0.3, 0.4) is 0 Å². The molecule has 1 spiro atoms. The number of methoxy groups -OCH3 is 1. The maximum absolute atomic E-state index is 5.55. The van der Waals surface area contributed by atoms with Crippen molar-refractivity contribution in [1.82, 2.24) is 14.8 Å². The number of piperidine rings is 1. The third-order valence-corrected chi connectivity index (χ3v) is 6.35. The molecule has 1 saturated carbocycles. The number of hydrogen-bond acceptors (Lipinski definition) is 4. The van der Waals surface area contributed by atoms with Gasteiger partial charge in [-0.05, 0) is 74.2 Å². The van der Waals surface area contributed by atoms with Crippen molar-refractivity contribution in [3.8, 4) is 0 Å². The van der Waals surface area contributed by atoms with Gasteiger partial charge in [0.15, 0.2) is 0 Å². The number of hydrogen-bond donors (Lipinski definition) is 0. The topological polar surface area (TPSA) is 28.6 Å². The van der Waals surface area contributed by atoms with E-state index in [2.05, 4.69) is 26.9 Å². The van der Waals surface area contributed by atoms with E-state index in [1.165, 1.54) is 63.8 Å². The van der Waals surface area contributed by atoms with Crippen LogP contribution in [-0.2, 0) is 11.3 Å². The van der Waals surface area contributed by atoms with E-state index in [4.69, 9.17) is 4.74 Å². The van der Waals surface area contributed by atoms with Gasteiger partial charge in [0, 0.05) is 45.2 Å². The smallest absolute Gasteiger partial charge is 0.0618 e. The Bertz CT molecular complexity index is 523. The summed E-state index contributed by atoms with van der Waals surface area (Å²) in [4.78, 5) is 9.53. The third-order valence-electron chi connectivity index (χ3n) is 6.35. The molecule has 3 aliphatic rings. The number of ether oxygens (including phenoxy) is 1. The van der Waals surface area contributed by atoms with E-state index in [1.54, 1.807) is 0 Å². The number of pyridine rings is 1. The van der Waals surface area contributed by atoms with Crippen LogP contribution in [0, 0.1) is 11.3 Å². The van der Waals surface area contributed by atoms with Gasteiger partial charge in [0.05, 0.1) is 6.61 Å². The zero-order valence-corrected chi connectivity index (χ0v) is 15.0. The average Bonchev–Trinajstić information content (AvgIpc) is 3.36. The molecule has 3 heterocycles. The minimum Gasteiger partial charge on any atom is -0.383 e. The Labute approximate surface area is 146 Å². The van der Waals surface area contributed by atoms with Crippen LogP contribution in [0.25, 0.3) is 0 Å². The molecule has 0 bridgehead atoms. The maximum Gasteiger partial charge on any atom is 0.0618 e. The molecule has 4 rings (SSSR count). The molecule has 0 radical (unpaired) electrons. The van der Waals surface area contributed by atoms with Crippen LogP contribution in [0.1, 0.15) is 37.7 Å². The number of likely N-dealkylation sites (tertiary alicyclic amines) is 2. The van der Waals surface area contributed by atoms with Gasteiger partial charge in [0.2, 0.25) is 0 Å². The SMILES string of the molecule is COCC1CC2(CCN(CC3CC3)CC2)CN1Cc1ccncc1. The minimum atomic E-state index is 0.524. The molecule has 2 aliphatic heterocycles. The third kappa shape index (κ3) is 3.81. The lowest BCUT2D eigenvalue weighted by atomic mass is 9.76. The van der Waals surface area contributed by atoms with Crippen LogP contribution in [0.2, 0.25) is 0 Å². The summed E-state index contributed by atoms with van der Waals surface area (Å²) in [6, 6.07) is 4.86. The van der Waals surface area contributed by atoms with Crippen molar-refractivity contribution in [3.63, 3.8) is 0 Å². The predicted molar refractivity (Wildman–Crippen MR) is 95.8 cm³/mol. The van der Waals surface area contributed by atoms with Gasteiger partial charge in [-0.15, -0.1) is 0 Å². The Hall–Kier alpha value is -0.970. The molecule has 0 amide bonds. The van der Waals surface area contributed by atoms with Crippen LogP contribution in [0.4, 0.5) is 0 Å². The summed E-state index contributed by atoms with van der Waals surface area (Å²) in [5.41, 5.74) is 1.89. The molecule has 1 aromatic heterocycles. The number of aromatic nitrogens is 1. The number of nitrogens with zero attached hydrogens (tertiary/aromatic N) is 3. The first-order valence-corrected chi connectivity index (χ1v) is 9.61. The molecule has 0 aromatic carbocycles. The largest absolute Gasteiger partial charge is 0.383 e. The van der Waals surface area contributed by atoms with Crippen molar-refractivity contribution in [3.05, 3.63) is 30.1 Å². The zero-order valence-electron chi connectivity index (χ0n) is 15.0. The molecule has 1 unspecified atom stereocenters.